The maximum Gasteiger partial charge on any atom is 0.255 e. The summed E-state index contributed by atoms with van der Waals surface area (Å²) >= 11 is 8.76. The molecule has 0 saturated carbocycles. The molecule has 0 fully saturated rings. The van der Waals surface area contributed by atoms with Gasteiger partial charge in [0.2, 0.25) is 5.91 Å². The van der Waals surface area contributed by atoms with E-state index >= 15 is 0 Å². The molecule has 6 nitrogen and oxygen atoms in total. The monoisotopic (exact) mass is 497 g/mol. The summed E-state index contributed by atoms with van der Waals surface area (Å²) in [5.41, 5.74) is 1.92. The number of ether oxygens (including phenoxy) is 1. The number of aromatic nitrogens is 1. The fourth-order valence-electron chi connectivity index (χ4n) is 3.03. The van der Waals surface area contributed by atoms with Gasteiger partial charge >= 0.3 is 0 Å². The molecule has 0 bridgehead atoms. The van der Waals surface area contributed by atoms with Crippen molar-refractivity contribution in [1.82, 2.24) is 4.98 Å². The number of rotatable bonds is 7. The van der Waals surface area contributed by atoms with Gasteiger partial charge in [0.15, 0.2) is 5.13 Å². The molecule has 33 heavy (non-hydrogen) atoms. The van der Waals surface area contributed by atoms with Crippen molar-refractivity contribution in [3.8, 4) is 5.75 Å². The van der Waals surface area contributed by atoms with Crippen LogP contribution < -0.4 is 15.4 Å². The first-order valence-electron chi connectivity index (χ1n) is 10.0. The van der Waals surface area contributed by atoms with E-state index in [9.17, 15) is 9.59 Å². The number of halogens is 1. The van der Waals surface area contributed by atoms with Crippen molar-refractivity contribution in [2.45, 2.75) is 17.1 Å². The molecule has 4 aromatic rings. The molecule has 0 radical (unpaired) electrons. The van der Waals surface area contributed by atoms with Gasteiger partial charge in [-0.05, 0) is 61.5 Å². The smallest absolute Gasteiger partial charge is 0.255 e. The predicted molar refractivity (Wildman–Crippen MR) is 136 cm³/mol. The zero-order valence-electron chi connectivity index (χ0n) is 17.8. The molecule has 168 valence electrons. The summed E-state index contributed by atoms with van der Waals surface area (Å²) < 4.78 is 6.18. The van der Waals surface area contributed by atoms with Gasteiger partial charge in [-0.2, -0.15) is 0 Å². The number of fused-ring (bicyclic) bond motifs is 1. The van der Waals surface area contributed by atoms with Gasteiger partial charge in [0.25, 0.3) is 5.91 Å². The first-order valence-corrected chi connectivity index (χ1v) is 12.1. The Labute approximate surface area is 204 Å². The fourth-order valence-corrected chi connectivity index (χ4v) is 5.04. The molecule has 1 unspecified atom stereocenters. The molecule has 0 aliphatic heterocycles. The lowest BCUT2D eigenvalue weighted by atomic mass is 10.2. The Kier molecular flexibility index (Phi) is 7.17. The number of hydrogen-bond donors (Lipinski definition) is 2. The molecule has 0 aliphatic carbocycles. The van der Waals surface area contributed by atoms with Crippen LogP contribution in [0.15, 0.2) is 71.6 Å². The highest BCUT2D eigenvalue weighted by Crippen LogP contribution is 2.31. The Morgan fingerprint density at radius 1 is 1.06 bits per heavy atom. The van der Waals surface area contributed by atoms with E-state index in [0.717, 1.165) is 20.9 Å². The zero-order chi connectivity index (χ0) is 23.4. The highest BCUT2D eigenvalue weighted by atomic mass is 35.5. The summed E-state index contributed by atoms with van der Waals surface area (Å²) in [5.74, 6) is 0.340. The second kappa shape index (κ2) is 10.2. The van der Waals surface area contributed by atoms with Crippen LogP contribution in [-0.2, 0) is 4.79 Å². The molecule has 1 atom stereocenters. The minimum Gasteiger partial charge on any atom is -0.497 e. The molecule has 0 aliphatic rings. The Hall–Kier alpha value is -3.07. The zero-order valence-corrected chi connectivity index (χ0v) is 20.2. The highest BCUT2D eigenvalue weighted by molar-refractivity contribution is 8.00. The number of methoxy groups -OCH3 is 1. The average Bonchev–Trinajstić information content (AvgIpc) is 3.20. The average molecular weight is 498 g/mol. The number of thiazole rings is 1. The van der Waals surface area contributed by atoms with Gasteiger partial charge in [0.05, 0.1) is 22.6 Å². The number of hydrogen-bond acceptors (Lipinski definition) is 6. The van der Waals surface area contributed by atoms with E-state index in [-0.39, 0.29) is 17.1 Å². The van der Waals surface area contributed by atoms with E-state index in [0.29, 0.717) is 21.4 Å². The summed E-state index contributed by atoms with van der Waals surface area (Å²) in [6, 6.07) is 19.7. The van der Waals surface area contributed by atoms with Gasteiger partial charge in [-0.3, -0.25) is 9.59 Å². The minimum absolute atomic E-state index is 0.153. The number of benzene rings is 3. The quantitative estimate of drug-likeness (QED) is 0.291. The number of anilines is 2. The van der Waals surface area contributed by atoms with Crippen molar-refractivity contribution >= 4 is 67.5 Å². The Morgan fingerprint density at radius 2 is 1.88 bits per heavy atom. The van der Waals surface area contributed by atoms with Crippen LogP contribution >= 0.6 is 34.7 Å². The van der Waals surface area contributed by atoms with E-state index in [2.05, 4.69) is 15.6 Å². The Morgan fingerprint density at radius 3 is 2.67 bits per heavy atom. The second-order valence-corrected chi connectivity index (χ2v) is 9.98. The molecule has 1 heterocycles. The molecule has 0 spiro atoms. The summed E-state index contributed by atoms with van der Waals surface area (Å²) in [6.45, 7) is 1.83. The first kappa shape index (κ1) is 23.1. The van der Waals surface area contributed by atoms with Crippen LogP contribution in [0.1, 0.15) is 17.3 Å². The third-order valence-electron chi connectivity index (χ3n) is 4.69. The van der Waals surface area contributed by atoms with Crippen LogP contribution in [0, 0.1) is 0 Å². The van der Waals surface area contributed by atoms with Crippen LogP contribution in [0.2, 0.25) is 5.02 Å². The van der Waals surface area contributed by atoms with Crippen LogP contribution in [0.25, 0.3) is 10.2 Å². The summed E-state index contributed by atoms with van der Waals surface area (Å²) in [6.07, 6.45) is 0. The summed E-state index contributed by atoms with van der Waals surface area (Å²) in [7, 11) is 1.61. The SMILES string of the molecule is COc1ccc2nc(NC(=O)C(C)Sc3cccc(NC(=O)c4cccc(Cl)c4)c3)sc2c1. The van der Waals surface area contributed by atoms with E-state index < -0.39 is 0 Å². The van der Waals surface area contributed by atoms with Crippen LogP contribution in [0.5, 0.6) is 5.75 Å². The van der Waals surface area contributed by atoms with Crippen molar-refractivity contribution in [2.24, 2.45) is 0 Å². The maximum absolute atomic E-state index is 12.7. The number of thioether (sulfide) groups is 1. The maximum atomic E-state index is 12.7. The van der Waals surface area contributed by atoms with Gasteiger partial charge in [-0.25, -0.2) is 4.98 Å². The third-order valence-corrected chi connectivity index (χ3v) is 6.95. The number of carbonyl (C=O) groups excluding carboxylic acids is 2. The molecular weight excluding hydrogens is 478 g/mol. The van der Waals surface area contributed by atoms with Crippen LogP contribution in [0.3, 0.4) is 0 Å². The Bertz CT molecular complexity index is 1330. The topological polar surface area (TPSA) is 80.3 Å². The van der Waals surface area contributed by atoms with Gasteiger partial charge in [-0.15, -0.1) is 11.8 Å². The molecule has 3 aromatic carbocycles. The second-order valence-electron chi connectivity index (χ2n) is 7.09. The summed E-state index contributed by atoms with van der Waals surface area (Å²) in [4.78, 5) is 30.5. The minimum atomic E-state index is -0.370. The van der Waals surface area contributed by atoms with Gasteiger partial charge in [0.1, 0.15) is 5.75 Å². The lowest BCUT2D eigenvalue weighted by Crippen LogP contribution is -2.22. The predicted octanol–water partition coefficient (Wildman–Crippen LogP) is 6.33. The van der Waals surface area contributed by atoms with Crippen LogP contribution in [-0.4, -0.2) is 29.2 Å². The van der Waals surface area contributed by atoms with E-state index in [1.54, 1.807) is 37.4 Å². The molecule has 2 N–H and O–H groups in total. The van der Waals surface area contributed by atoms with Crippen molar-refractivity contribution in [2.75, 3.05) is 17.7 Å². The van der Waals surface area contributed by atoms with E-state index in [1.165, 1.54) is 23.1 Å². The normalized spacial score (nSPS) is 11.7. The van der Waals surface area contributed by atoms with E-state index in [4.69, 9.17) is 16.3 Å². The molecule has 1 aromatic heterocycles. The van der Waals surface area contributed by atoms with Crippen molar-refractivity contribution in [1.29, 1.82) is 0 Å². The lowest BCUT2D eigenvalue weighted by molar-refractivity contribution is -0.115. The largest absolute Gasteiger partial charge is 0.497 e. The van der Waals surface area contributed by atoms with Gasteiger partial charge < -0.3 is 15.4 Å². The number of nitrogens with one attached hydrogen (secondary N) is 2. The molecule has 4 rings (SSSR count). The van der Waals surface area contributed by atoms with Crippen molar-refractivity contribution in [3.05, 3.63) is 77.3 Å². The lowest BCUT2D eigenvalue weighted by Gasteiger charge is -2.12. The molecule has 0 saturated heterocycles. The third kappa shape index (κ3) is 5.84. The molecule has 9 heteroatoms. The first-order chi connectivity index (χ1) is 15.9. The molecular formula is C24H20ClN3O3S2. The Balaban J connectivity index is 1.39. The number of nitrogens with zero attached hydrogens (tertiary/aromatic N) is 1. The van der Waals surface area contributed by atoms with Gasteiger partial charge in [0, 0.05) is 21.2 Å². The van der Waals surface area contributed by atoms with E-state index in [1.807, 2.05) is 43.3 Å². The number of amides is 2. The highest BCUT2D eigenvalue weighted by Gasteiger charge is 2.17. The number of carbonyl (C=O) groups is 2. The molecule has 2 amide bonds. The van der Waals surface area contributed by atoms with Crippen molar-refractivity contribution < 1.29 is 14.3 Å². The van der Waals surface area contributed by atoms with Crippen molar-refractivity contribution in [3.63, 3.8) is 0 Å². The fraction of sp³-hybridized carbons (Fsp3) is 0.125. The van der Waals surface area contributed by atoms with Crippen LogP contribution in [0.4, 0.5) is 10.8 Å². The van der Waals surface area contributed by atoms with Gasteiger partial charge in [-0.1, -0.05) is 35.1 Å². The summed E-state index contributed by atoms with van der Waals surface area (Å²) in [5, 5.41) is 6.42. The standard InChI is InChI=1S/C24H20ClN3O3S2/c1-14(22(29)28-24-27-20-10-9-18(31-2)13-21(20)33-24)32-19-8-4-7-17(12-19)26-23(30)15-5-3-6-16(25)11-15/h3-14H,1-2H3,(H,26,30)(H,27,28,29).